The number of aryl methyl sites for hydroxylation is 3. The van der Waals surface area contributed by atoms with Gasteiger partial charge in [0.1, 0.15) is 11.5 Å². The third-order valence-electron chi connectivity index (χ3n) is 4.07. The Morgan fingerprint density at radius 3 is 2.60 bits per heavy atom. The Kier molecular flexibility index (Phi) is 4.35. The van der Waals surface area contributed by atoms with Crippen molar-refractivity contribution in [3.8, 4) is 22.9 Å². The third kappa shape index (κ3) is 3.34. The molecule has 0 saturated carbocycles. The Labute approximate surface area is 150 Å². The highest BCUT2D eigenvalue weighted by Crippen LogP contribution is 2.21. The summed E-state index contributed by atoms with van der Waals surface area (Å²) in [6, 6.07) is 7.88. The molecule has 25 heavy (non-hydrogen) atoms. The zero-order chi connectivity index (χ0) is 17.1. The van der Waals surface area contributed by atoms with E-state index < -0.39 is 0 Å². The molecule has 0 aliphatic carbocycles. The van der Waals surface area contributed by atoms with Crippen LogP contribution < -0.4 is 0 Å². The number of pyridine rings is 1. The van der Waals surface area contributed by atoms with Gasteiger partial charge in [-0.25, -0.2) is 15.0 Å². The molecule has 124 valence electrons. The first-order valence-corrected chi connectivity index (χ1v) is 8.97. The van der Waals surface area contributed by atoms with Crippen LogP contribution in [0.3, 0.4) is 0 Å². The molecular formula is C19H17N5S. The predicted octanol–water partition coefficient (Wildman–Crippen LogP) is 4.01. The zero-order valence-corrected chi connectivity index (χ0v) is 14.6. The number of aromatic nitrogens is 5. The van der Waals surface area contributed by atoms with Gasteiger partial charge in [0.25, 0.3) is 0 Å². The molecule has 0 bridgehead atoms. The third-order valence-corrected chi connectivity index (χ3v) is 5.15. The molecule has 0 aliphatic rings. The van der Waals surface area contributed by atoms with Crippen LogP contribution in [0.25, 0.3) is 22.9 Å². The Morgan fingerprint density at radius 2 is 1.88 bits per heavy atom. The fourth-order valence-corrected chi connectivity index (χ4v) is 3.60. The van der Waals surface area contributed by atoms with E-state index in [1.54, 1.807) is 6.20 Å². The highest BCUT2D eigenvalue weighted by molar-refractivity contribution is 7.10. The van der Waals surface area contributed by atoms with Crippen molar-refractivity contribution >= 4 is 11.3 Å². The SMILES string of the molecule is Cc1ccsc1CCn1ccnc1-c1cnc(-c2ccccn2)nc1. The Balaban J connectivity index is 1.54. The van der Waals surface area contributed by atoms with Crippen molar-refractivity contribution in [2.24, 2.45) is 0 Å². The standard InChI is InChI=1S/C19H17N5S/c1-14-6-11-25-17(14)5-9-24-10-8-21-19(24)15-12-22-18(23-13-15)16-4-2-3-7-20-16/h2-4,6-8,10-13H,5,9H2,1H3. The largest absolute Gasteiger partial charge is 0.331 e. The van der Waals surface area contributed by atoms with Crippen molar-refractivity contribution in [1.82, 2.24) is 24.5 Å². The maximum atomic E-state index is 4.48. The van der Waals surface area contributed by atoms with Crippen LogP contribution in [0.2, 0.25) is 0 Å². The van der Waals surface area contributed by atoms with Gasteiger partial charge in [-0.1, -0.05) is 6.07 Å². The normalized spacial score (nSPS) is 10.9. The molecule has 0 N–H and O–H groups in total. The van der Waals surface area contributed by atoms with E-state index in [1.807, 2.05) is 54.3 Å². The summed E-state index contributed by atoms with van der Waals surface area (Å²) in [7, 11) is 0. The van der Waals surface area contributed by atoms with Crippen LogP contribution >= 0.6 is 11.3 Å². The van der Waals surface area contributed by atoms with Crippen molar-refractivity contribution in [3.05, 3.63) is 71.1 Å². The molecule has 0 radical (unpaired) electrons. The minimum absolute atomic E-state index is 0.622. The fraction of sp³-hybridized carbons (Fsp3) is 0.158. The summed E-state index contributed by atoms with van der Waals surface area (Å²) < 4.78 is 2.15. The van der Waals surface area contributed by atoms with E-state index in [9.17, 15) is 0 Å². The van der Waals surface area contributed by atoms with Gasteiger partial charge in [-0.15, -0.1) is 11.3 Å². The molecule has 4 aromatic rings. The lowest BCUT2D eigenvalue weighted by atomic mass is 10.2. The first kappa shape index (κ1) is 15.7. The quantitative estimate of drug-likeness (QED) is 0.547. The van der Waals surface area contributed by atoms with Gasteiger partial charge in [0.15, 0.2) is 5.82 Å². The molecule has 5 nitrogen and oxygen atoms in total. The van der Waals surface area contributed by atoms with Gasteiger partial charge in [-0.3, -0.25) is 4.98 Å². The lowest BCUT2D eigenvalue weighted by Gasteiger charge is -2.08. The van der Waals surface area contributed by atoms with Crippen molar-refractivity contribution in [2.45, 2.75) is 19.9 Å². The lowest BCUT2D eigenvalue weighted by molar-refractivity contribution is 0.707. The number of thiophene rings is 1. The summed E-state index contributed by atoms with van der Waals surface area (Å²) in [6.45, 7) is 3.05. The molecule has 0 saturated heterocycles. The zero-order valence-electron chi connectivity index (χ0n) is 13.8. The molecule has 0 aromatic carbocycles. The van der Waals surface area contributed by atoms with Crippen molar-refractivity contribution in [3.63, 3.8) is 0 Å². The number of hydrogen-bond acceptors (Lipinski definition) is 5. The average molecular weight is 347 g/mol. The second kappa shape index (κ2) is 6.94. The van der Waals surface area contributed by atoms with E-state index in [2.05, 4.69) is 42.9 Å². The summed E-state index contributed by atoms with van der Waals surface area (Å²) in [5, 5.41) is 2.14. The summed E-state index contributed by atoms with van der Waals surface area (Å²) >= 11 is 1.81. The summed E-state index contributed by atoms with van der Waals surface area (Å²) in [6.07, 6.45) is 10.2. The van der Waals surface area contributed by atoms with Crippen LogP contribution in [0.5, 0.6) is 0 Å². The molecule has 6 heteroatoms. The van der Waals surface area contributed by atoms with Crippen LogP contribution in [0.15, 0.2) is 60.6 Å². The molecule has 0 aliphatic heterocycles. The first-order valence-electron chi connectivity index (χ1n) is 8.09. The van der Waals surface area contributed by atoms with E-state index in [-0.39, 0.29) is 0 Å². The van der Waals surface area contributed by atoms with Gasteiger partial charge in [-0.05, 0) is 36.1 Å². The van der Waals surface area contributed by atoms with Crippen molar-refractivity contribution in [1.29, 1.82) is 0 Å². The molecule has 0 fully saturated rings. The van der Waals surface area contributed by atoms with Gasteiger partial charge < -0.3 is 4.57 Å². The first-order chi connectivity index (χ1) is 12.3. The fourth-order valence-electron chi connectivity index (χ4n) is 2.70. The molecule has 0 spiro atoms. The topological polar surface area (TPSA) is 56.5 Å². The van der Waals surface area contributed by atoms with Crippen LogP contribution in [-0.2, 0) is 13.0 Å². The molecule has 0 unspecified atom stereocenters. The van der Waals surface area contributed by atoms with Gasteiger partial charge in [0.2, 0.25) is 0 Å². The Bertz CT molecular complexity index is 957. The van der Waals surface area contributed by atoms with E-state index in [0.717, 1.165) is 30.0 Å². The van der Waals surface area contributed by atoms with Crippen molar-refractivity contribution < 1.29 is 0 Å². The molecule has 4 aromatic heterocycles. The number of rotatable bonds is 5. The monoisotopic (exact) mass is 347 g/mol. The van der Waals surface area contributed by atoms with Crippen LogP contribution in [0, 0.1) is 6.92 Å². The summed E-state index contributed by atoms with van der Waals surface area (Å²) in [4.78, 5) is 19.1. The summed E-state index contributed by atoms with van der Waals surface area (Å²) in [5.41, 5.74) is 3.04. The van der Waals surface area contributed by atoms with Gasteiger partial charge in [0, 0.05) is 48.8 Å². The van der Waals surface area contributed by atoms with E-state index in [0.29, 0.717) is 5.82 Å². The van der Waals surface area contributed by atoms with Gasteiger partial charge in [0.05, 0.1) is 5.56 Å². The average Bonchev–Trinajstić information content (AvgIpc) is 3.29. The molecule has 0 amide bonds. The molecule has 0 atom stereocenters. The summed E-state index contributed by atoms with van der Waals surface area (Å²) in [5.74, 6) is 1.51. The number of imidazole rings is 1. The van der Waals surface area contributed by atoms with Gasteiger partial charge >= 0.3 is 0 Å². The minimum Gasteiger partial charge on any atom is -0.331 e. The number of nitrogens with zero attached hydrogens (tertiary/aromatic N) is 5. The van der Waals surface area contributed by atoms with Crippen molar-refractivity contribution in [2.75, 3.05) is 0 Å². The highest BCUT2D eigenvalue weighted by Gasteiger charge is 2.09. The second-order valence-corrected chi connectivity index (χ2v) is 6.73. The van der Waals surface area contributed by atoms with Gasteiger partial charge in [-0.2, -0.15) is 0 Å². The lowest BCUT2D eigenvalue weighted by Crippen LogP contribution is -2.03. The maximum absolute atomic E-state index is 4.48. The molecule has 4 rings (SSSR count). The smallest absolute Gasteiger partial charge is 0.178 e. The van der Waals surface area contributed by atoms with Crippen LogP contribution in [-0.4, -0.2) is 24.5 Å². The van der Waals surface area contributed by atoms with Crippen LogP contribution in [0.4, 0.5) is 0 Å². The predicted molar refractivity (Wildman–Crippen MR) is 99.2 cm³/mol. The second-order valence-electron chi connectivity index (χ2n) is 5.73. The van der Waals surface area contributed by atoms with E-state index >= 15 is 0 Å². The van der Waals surface area contributed by atoms with E-state index in [1.165, 1.54) is 10.4 Å². The Morgan fingerprint density at radius 1 is 1.00 bits per heavy atom. The minimum atomic E-state index is 0.622. The Hall–Kier alpha value is -2.86. The van der Waals surface area contributed by atoms with E-state index in [4.69, 9.17) is 0 Å². The molecule has 4 heterocycles. The maximum Gasteiger partial charge on any atom is 0.178 e. The molecular weight excluding hydrogens is 330 g/mol. The number of hydrogen-bond donors (Lipinski definition) is 0. The highest BCUT2D eigenvalue weighted by atomic mass is 32.1. The van der Waals surface area contributed by atoms with Crippen LogP contribution in [0.1, 0.15) is 10.4 Å².